The van der Waals surface area contributed by atoms with E-state index >= 15 is 0 Å². The predicted molar refractivity (Wildman–Crippen MR) is 65.7 cm³/mol. The molecule has 17 heavy (non-hydrogen) atoms. The molecule has 2 rings (SSSR count). The zero-order valence-corrected chi connectivity index (χ0v) is 11.0. The van der Waals surface area contributed by atoms with E-state index in [2.05, 4.69) is 25.9 Å². The first-order valence-corrected chi connectivity index (χ1v) is 5.75. The largest absolute Gasteiger partial charge is 0.461 e. The summed E-state index contributed by atoms with van der Waals surface area (Å²) in [5.41, 5.74) is 1.21. The first-order chi connectivity index (χ1) is 8.13. The number of halogens is 1. The van der Waals surface area contributed by atoms with Crippen LogP contribution >= 0.6 is 15.9 Å². The van der Waals surface area contributed by atoms with Gasteiger partial charge in [0.05, 0.1) is 18.6 Å². The van der Waals surface area contributed by atoms with Crippen molar-refractivity contribution < 1.29 is 9.15 Å². The van der Waals surface area contributed by atoms with Crippen LogP contribution in [0, 0.1) is 6.92 Å². The maximum atomic E-state index is 11.7. The summed E-state index contributed by atoms with van der Waals surface area (Å²) in [5.74, 6) is 0.972. The molecule has 0 fully saturated rings. The minimum absolute atomic E-state index is 0.252. The van der Waals surface area contributed by atoms with Crippen molar-refractivity contribution in [1.82, 2.24) is 9.97 Å². The maximum Gasteiger partial charge on any atom is 0.265 e. The summed E-state index contributed by atoms with van der Waals surface area (Å²) in [6.07, 6.45) is 1.56. The molecule has 1 N–H and O–H groups in total. The van der Waals surface area contributed by atoms with Crippen molar-refractivity contribution >= 4 is 15.9 Å². The number of aromatic amines is 1. The summed E-state index contributed by atoms with van der Waals surface area (Å²) in [6, 6.07) is 1.81. The molecule has 0 spiro atoms. The molecule has 0 amide bonds. The van der Waals surface area contributed by atoms with Crippen LogP contribution in [-0.2, 0) is 11.3 Å². The van der Waals surface area contributed by atoms with E-state index < -0.39 is 0 Å². The Morgan fingerprint density at radius 3 is 2.94 bits per heavy atom. The van der Waals surface area contributed by atoms with Crippen LogP contribution in [0.1, 0.15) is 11.3 Å². The molecule has 0 aliphatic rings. The lowest BCUT2D eigenvalue weighted by molar-refractivity contribution is 0.180. The quantitative estimate of drug-likeness (QED) is 0.944. The van der Waals surface area contributed by atoms with Crippen molar-refractivity contribution in [3.05, 3.63) is 38.4 Å². The minimum Gasteiger partial charge on any atom is -0.461 e. The number of H-pyrrole nitrogens is 1. The smallest absolute Gasteiger partial charge is 0.265 e. The second-order valence-electron chi connectivity index (χ2n) is 3.54. The van der Waals surface area contributed by atoms with E-state index in [-0.39, 0.29) is 12.2 Å². The summed E-state index contributed by atoms with van der Waals surface area (Å²) in [6.45, 7) is 2.15. The number of aromatic nitrogens is 2. The van der Waals surface area contributed by atoms with Crippen LogP contribution in [0.5, 0.6) is 0 Å². The van der Waals surface area contributed by atoms with Gasteiger partial charge in [-0.25, -0.2) is 4.98 Å². The lowest BCUT2D eigenvalue weighted by Crippen LogP contribution is -2.14. The van der Waals surface area contributed by atoms with E-state index in [0.29, 0.717) is 21.8 Å². The Balaban J connectivity index is 2.57. The molecule has 5 nitrogen and oxygen atoms in total. The number of nitrogens with zero attached hydrogens (tertiary/aromatic N) is 1. The molecule has 0 aliphatic heterocycles. The zero-order valence-electron chi connectivity index (χ0n) is 9.41. The molecular weight excluding hydrogens is 288 g/mol. The van der Waals surface area contributed by atoms with Gasteiger partial charge in [0, 0.05) is 7.11 Å². The number of furan rings is 1. The average molecular weight is 299 g/mol. The van der Waals surface area contributed by atoms with Gasteiger partial charge in [-0.2, -0.15) is 0 Å². The molecule has 0 bridgehead atoms. The third-order valence-electron chi connectivity index (χ3n) is 2.29. The number of aryl methyl sites for hydroxylation is 1. The molecule has 0 saturated heterocycles. The second-order valence-corrected chi connectivity index (χ2v) is 4.33. The SMILES string of the molecule is COCc1nc(-c2occc2C)[nH]c(=O)c1Br. The van der Waals surface area contributed by atoms with Crippen LogP contribution in [0.4, 0.5) is 0 Å². The van der Waals surface area contributed by atoms with Gasteiger partial charge in [-0.3, -0.25) is 4.79 Å². The highest BCUT2D eigenvalue weighted by Gasteiger charge is 2.13. The van der Waals surface area contributed by atoms with Gasteiger partial charge in [0.1, 0.15) is 4.47 Å². The van der Waals surface area contributed by atoms with Gasteiger partial charge in [0.15, 0.2) is 11.6 Å². The summed E-state index contributed by atoms with van der Waals surface area (Å²) >= 11 is 3.18. The molecule has 2 aromatic rings. The average Bonchev–Trinajstić information content (AvgIpc) is 2.71. The lowest BCUT2D eigenvalue weighted by atomic mass is 10.2. The summed E-state index contributed by atoms with van der Waals surface area (Å²) in [7, 11) is 1.55. The molecule has 2 aromatic heterocycles. The van der Waals surface area contributed by atoms with Gasteiger partial charge in [-0.1, -0.05) is 0 Å². The van der Waals surface area contributed by atoms with E-state index in [1.807, 2.05) is 13.0 Å². The third kappa shape index (κ3) is 2.32. The molecule has 0 aliphatic carbocycles. The van der Waals surface area contributed by atoms with Crippen molar-refractivity contribution in [1.29, 1.82) is 0 Å². The number of nitrogens with one attached hydrogen (secondary N) is 1. The maximum absolute atomic E-state index is 11.7. The van der Waals surface area contributed by atoms with E-state index in [9.17, 15) is 4.79 Å². The Kier molecular flexibility index (Phi) is 3.44. The number of hydrogen-bond donors (Lipinski definition) is 1. The van der Waals surface area contributed by atoms with Gasteiger partial charge < -0.3 is 14.1 Å². The van der Waals surface area contributed by atoms with E-state index in [4.69, 9.17) is 9.15 Å². The highest BCUT2D eigenvalue weighted by Crippen LogP contribution is 2.21. The van der Waals surface area contributed by atoms with Gasteiger partial charge in [0.25, 0.3) is 5.56 Å². The summed E-state index contributed by atoms with van der Waals surface area (Å²) in [5, 5.41) is 0. The fourth-order valence-corrected chi connectivity index (χ4v) is 1.76. The van der Waals surface area contributed by atoms with Crippen LogP contribution in [0.15, 0.2) is 26.0 Å². The van der Waals surface area contributed by atoms with Gasteiger partial charge in [-0.15, -0.1) is 0 Å². The van der Waals surface area contributed by atoms with Crippen LogP contribution in [0.25, 0.3) is 11.6 Å². The fraction of sp³-hybridized carbons (Fsp3) is 0.273. The van der Waals surface area contributed by atoms with E-state index in [0.717, 1.165) is 5.56 Å². The standard InChI is InChI=1S/C11H11BrN2O3/c1-6-3-4-17-9(6)10-13-7(5-16-2)8(12)11(15)14-10/h3-4H,5H2,1-2H3,(H,13,14,15). The van der Waals surface area contributed by atoms with Crippen LogP contribution in [0.3, 0.4) is 0 Å². The molecule has 2 heterocycles. The summed E-state index contributed by atoms with van der Waals surface area (Å²) < 4.78 is 10.7. The van der Waals surface area contributed by atoms with Crippen LogP contribution in [0.2, 0.25) is 0 Å². The number of hydrogen-bond acceptors (Lipinski definition) is 4. The Hall–Kier alpha value is -1.40. The summed E-state index contributed by atoms with van der Waals surface area (Å²) in [4.78, 5) is 18.7. The number of methoxy groups -OCH3 is 1. The fourth-order valence-electron chi connectivity index (χ4n) is 1.46. The zero-order chi connectivity index (χ0) is 12.4. The Morgan fingerprint density at radius 2 is 2.35 bits per heavy atom. The lowest BCUT2D eigenvalue weighted by Gasteiger charge is -2.04. The highest BCUT2D eigenvalue weighted by molar-refractivity contribution is 9.10. The molecular formula is C11H11BrN2O3. The van der Waals surface area contributed by atoms with Crippen molar-refractivity contribution in [3.63, 3.8) is 0 Å². The minimum atomic E-state index is -0.252. The first-order valence-electron chi connectivity index (χ1n) is 4.95. The normalized spacial score (nSPS) is 10.8. The van der Waals surface area contributed by atoms with Crippen molar-refractivity contribution in [2.45, 2.75) is 13.5 Å². The van der Waals surface area contributed by atoms with E-state index in [1.165, 1.54) is 0 Å². The van der Waals surface area contributed by atoms with Crippen molar-refractivity contribution in [3.8, 4) is 11.6 Å². The van der Waals surface area contributed by atoms with E-state index in [1.54, 1.807) is 13.4 Å². The molecule has 6 heteroatoms. The van der Waals surface area contributed by atoms with Crippen molar-refractivity contribution in [2.75, 3.05) is 7.11 Å². The van der Waals surface area contributed by atoms with Crippen molar-refractivity contribution in [2.24, 2.45) is 0 Å². The molecule has 90 valence electrons. The Labute approximate surface area is 106 Å². The van der Waals surface area contributed by atoms with Crippen LogP contribution in [-0.4, -0.2) is 17.1 Å². The van der Waals surface area contributed by atoms with Gasteiger partial charge in [-0.05, 0) is 34.5 Å². The second kappa shape index (κ2) is 4.85. The monoisotopic (exact) mass is 298 g/mol. The topological polar surface area (TPSA) is 68.1 Å². The van der Waals surface area contributed by atoms with Gasteiger partial charge >= 0.3 is 0 Å². The van der Waals surface area contributed by atoms with Gasteiger partial charge in [0.2, 0.25) is 0 Å². The number of rotatable bonds is 3. The molecule has 0 aromatic carbocycles. The Morgan fingerprint density at radius 1 is 1.59 bits per heavy atom. The van der Waals surface area contributed by atoms with Crippen LogP contribution < -0.4 is 5.56 Å². The molecule has 0 atom stereocenters. The predicted octanol–water partition coefficient (Wildman–Crippen LogP) is 2.25. The number of ether oxygens (including phenoxy) is 1. The molecule has 0 saturated carbocycles. The molecule has 0 radical (unpaired) electrons. The Bertz CT molecular complexity index is 589. The first kappa shape index (κ1) is 12.1. The highest BCUT2D eigenvalue weighted by atomic mass is 79.9. The molecule has 0 unspecified atom stereocenters. The third-order valence-corrected chi connectivity index (χ3v) is 3.11.